The van der Waals surface area contributed by atoms with Gasteiger partial charge in [-0.05, 0) is 49.9 Å². The van der Waals surface area contributed by atoms with Crippen LogP contribution in [0.2, 0.25) is 0 Å². The van der Waals surface area contributed by atoms with Crippen molar-refractivity contribution in [2.45, 2.75) is 40.5 Å². The number of anilines is 1. The van der Waals surface area contributed by atoms with Gasteiger partial charge in [0.15, 0.2) is 0 Å². The molecule has 152 valence electrons. The fourth-order valence-electron chi connectivity index (χ4n) is 3.49. The van der Waals surface area contributed by atoms with Gasteiger partial charge in [0, 0.05) is 18.3 Å². The predicted octanol–water partition coefficient (Wildman–Crippen LogP) is 4.69. The first-order chi connectivity index (χ1) is 14.0. The Bertz CT molecular complexity index is 962. The highest BCUT2D eigenvalue weighted by Crippen LogP contribution is 2.33. The Morgan fingerprint density at radius 2 is 1.76 bits per heavy atom. The van der Waals surface area contributed by atoms with Crippen LogP contribution in [-0.4, -0.2) is 29.9 Å². The van der Waals surface area contributed by atoms with Crippen molar-refractivity contribution in [3.63, 3.8) is 0 Å². The normalized spacial score (nSPS) is 14.0. The van der Waals surface area contributed by atoms with Crippen molar-refractivity contribution in [3.8, 4) is 5.75 Å². The summed E-state index contributed by atoms with van der Waals surface area (Å²) in [6, 6.07) is 13.4. The third-order valence-corrected chi connectivity index (χ3v) is 4.84. The summed E-state index contributed by atoms with van der Waals surface area (Å²) in [6.45, 7) is 9.01. The zero-order valence-electron chi connectivity index (χ0n) is 17.5. The van der Waals surface area contributed by atoms with Crippen LogP contribution in [-0.2, 0) is 9.59 Å². The van der Waals surface area contributed by atoms with Crippen molar-refractivity contribution in [3.05, 3.63) is 64.9 Å². The Morgan fingerprint density at radius 1 is 0.966 bits per heavy atom. The van der Waals surface area contributed by atoms with Crippen LogP contribution >= 0.6 is 0 Å². The summed E-state index contributed by atoms with van der Waals surface area (Å²) in [4.78, 5) is 27.5. The lowest BCUT2D eigenvalue weighted by Crippen LogP contribution is -2.33. The fourth-order valence-corrected chi connectivity index (χ4v) is 3.49. The Labute approximate surface area is 172 Å². The fraction of sp³-hybridized carbons (Fsp3) is 0.333. The van der Waals surface area contributed by atoms with Crippen molar-refractivity contribution >= 4 is 23.1 Å². The summed E-state index contributed by atoms with van der Waals surface area (Å²) >= 11 is 0. The van der Waals surface area contributed by atoms with E-state index in [9.17, 15) is 9.59 Å². The SMILES string of the molecule is CCCOc1cccc(NC2=C(c3ccc(C)cc3C)C(=O)N(CCC)C2=O)c1. The minimum atomic E-state index is -0.285. The highest BCUT2D eigenvalue weighted by Gasteiger charge is 2.39. The topological polar surface area (TPSA) is 58.6 Å². The summed E-state index contributed by atoms with van der Waals surface area (Å²) in [6.07, 6.45) is 1.63. The van der Waals surface area contributed by atoms with E-state index in [1.54, 1.807) is 0 Å². The van der Waals surface area contributed by atoms with Gasteiger partial charge in [-0.25, -0.2) is 0 Å². The number of carbonyl (C=O) groups is 2. The Balaban J connectivity index is 2.04. The molecule has 0 atom stereocenters. The van der Waals surface area contributed by atoms with E-state index >= 15 is 0 Å². The Morgan fingerprint density at radius 3 is 2.45 bits per heavy atom. The zero-order chi connectivity index (χ0) is 21.0. The van der Waals surface area contributed by atoms with Crippen LogP contribution in [0.4, 0.5) is 5.69 Å². The third kappa shape index (κ3) is 4.34. The van der Waals surface area contributed by atoms with Gasteiger partial charge in [0.2, 0.25) is 0 Å². The highest BCUT2D eigenvalue weighted by molar-refractivity contribution is 6.36. The number of aryl methyl sites for hydroxylation is 2. The summed E-state index contributed by atoms with van der Waals surface area (Å²) in [5.74, 6) is 0.198. The van der Waals surface area contributed by atoms with Gasteiger partial charge in [0.1, 0.15) is 11.4 Å². The minimum Gasteiger partial charge on any atom is -0.494 e. The second-order valence-corrected chi connectivity index (χ2v) is 7.33. The molecule has 29 heavy (non-hydrogen) atoms. The Hall–Kier alpha value is -3.08. The molecule has 0 unspecified atom stereocenters. The quantitative estimate of drug-likeness (QED) is 0.662. The molecule has 0 bridgehead atoms. The highest BCUT2D eigenvalue weighted by atomic mass is 16.5. The lowest BCUT2D eigenvalue weighted by Gasteiger charge is -2.14. The first-order valence-corrected chi connectivity index (χ1v) is 10.1. The average Bonchev–Trinajstić information content (AvgIpc) is 2.92. The first-order valence-electron chi connectivity index (χ1n) is 10.1. The number of hydrogen-bond donors (Lipinski definition) is 1. The Kier molecular flexibility index (Phi) is 6.37. The van der Waals surface area contributed by atoms with Gasteiger partial charge in [0.05, 0.1) is 12.2 Å². The van der Waals surface area contributed by atoms with Gasteiger partial charge in [0.25, 0.3) is 11.8 Å². The maximum atomic E-state index is 13.1. The van der Waals surface area contributed by atoms with Crippen LogP contribution in [0.25, 0.3) is 5.57 Å². The largest absolute Gasteiger partial charge is 0.494 e. The molecule has 1 heterocycles. The minimum absolute atomic E-state index is 0.246. The molecule has 0 saturated carbocycles. The number of imide groups is 1. The van der Waals surface area contributed by atoms with Gasteiger partial charge in [-0.15, -0.1) is 0 Å². The number of hydrogen-bond acceptors (Lipinski definition) is 4. The van der Waals surface area contributed by atoms with Gasteiger partial charge in [-0.2, -0.15) is 0 Å². The van der Waals surface area contributed by atoms with E-state index in [2.05, 4.69) is 5.32 Å². The monoisotopic (exact) mass is 392 g/mol. The number of rotatable bonds is 8. The van der Waals surface area contributed by atoms with Crippen LogP contribution in [0.3, 0.4) is 0 Å². The molecule has 0 spiro atoms. The van der Waals surface area contributed by atoms with Gasteiger partial charge >= 0.3 is 0 Å². The molecule has 1 N–H and O–H groups in total. The molecule has 1 aliphatic heterocycles. The summed E-state index contributed by atoms with van der Waals surface area (Å²) in [5, 5.41) is 3.20. The van der Waals surface area contributed by atoms with Crippen molar-refractivity contribution in [1.82, 2.24) is 4.90 Å². The molecule has 0 aromatic heterocycles. The predicted molar refractivity (Wildman–Crippen MR) is 116 cm³/mol. The second kappa shape index (κ2) is 8.95. The van der Waals surface area contributed by atoms with E-state index in [-0.39, 0.29) is 11.8 Å². The molecule has 2 aromatic carbocycles. The van der Waals surface area contributed by atoms with E-state index in [1.807, 2.05) is 70.2 Å². The molecule has 0 aliphatic carbocycles. The molecular weight excluding hydrogens is 364 g/mol. The van der Waals surface area contributed by atoms with Gasteiger partial charge < -0.3 is 10.1 Å². The maximum absolute atomic E-state index is 13.1. The lowest BCUT2D eigenvalue weighted by molar-refractivity contribution is -0.136. The summed E-state index contributed by atoms with van der Waals surface area (Å²) in [5.41, 5.74) is 4.34. The van der Waals surface area contributed by atoms with Crippen molar-refractivity contribution in [2.75, 3.05) is 18.5 Å². The third-order valence-electron chi connectivity index (χ3n) is 4.84. The summed E-state index contributed by atoms with van der Waals surface area (Å²) < 4.78 is 5.69. The molecule has 0 fully saturated rings. The van der Waals surface area contributed by atoms with Crippen LogP contribution in [0.1, 0.15) is 43.4 Å². The summed E-state index contributed by atoms with van der Waals surface area (Å²) in [7, 11) is 0. The number of ether oxygens (including phenoxy) is 1. The van der Waals surface area contributed by atoms with Crippen LogP contribution < -0.4 is 10.1 Å². The second-order valence-electron chi connectivity index (χ2n) is 7.33. The van der Waals surface area contributed by atoms with Crippen molar-refractivity contribution in [1.29, 1.82) is 0 Å². The van der Waals surface area contributed by atoms with Gasteiger partial charge in [-0.3, -0.25) is 14.5 Å². The smallest absolute Gasteiger partial charge is 0.278 e. The van der Waals surface area contributed by atoms with E-state index < -0.39 is 0 Å². The van der Waals surface area contributed by atoms with Crippen LogP contribution in [0.5, 0.6) is 5.75 Å². The maximum Gasteiger partial charge on any atom is 0.278 e. The molecule has 2 amide bonds. The van der Waals surface area contributed by atoms with Crippen molar-refractivity contribution in [2.24, 2.45) is 0 Å². The molecule has 5 heteroatoms. The molecule has 1 aliphatic rings. The number of nitrogens with zero attached hydrogens (tertiary/aromatic N) is 1. The number of carbonyl (C=O) groups excluding carboxylic acids is 2. The molecule has 2 aromatic rings. The van der Waals surface area contributed by atoms with Crippen LogP contribution in [0, 0.1) is 13.8 Å². The molecular formula is C24H28N2O3. The zero-order valence-corrected chi connectivity index (χ0v) is 17.5. The number of amides is 2. The molecule has 5 nitrogen and oxygen atoms in total. The van der Waals surface area contributed by atoms with E-state index in [4.69, 9.17) is 4.74 Å². The first kappa shape index (κ1) is 20.6. The molecule has 0 radical (unpaired) electrons. The molecule has 0 saturated heterocycles. The van der Waals surface area contributed by atoms with E-state index in [0.29, 0.717) is 30.8 Å². The molecule has 3 rings (SSSR count). The number of benzene rings is 2. The van der Waals surface area contributed by atoms with E-state index in [1.165, 1.54) is 4.90 Å². The lowest BCUT2D eigenvalue weighted by atomic mass is 9.97. The van der Waals surface area contributed by atoms with Crippen LogP contribution in [0.15, 0.2) is 48.2 Å². The number of nitrogens with one attached hydrogen (secondary N) is 1. The standard InChI is InChI=1S/C24H28N2O3/c1-5-12-26-23(27)21(20-11-10-16(3)14-17(20)4)22(24(26)28)25-18-8-7-9-19(15-18)29-13-6-2/h7-11,14-15,25H,5-6,12-13H2,1-4H3. The van der Waals surface area contributed by atoms with Crippen molar-refractivity contribution < 1.29 is 14.3 Å². The van der Waals surface area contributed by atoms with Gasteiger partial charge in [-0.1, -0.05) is 43.7 Å². The van der Waals surface area contributed by atoms with E-state index in [0.717, 1.165) is 34.5 Å². The average molecular weight is 392 g/mol.